The zero-order valence-electron chi connectivity index (χ0n) is 17.7. The van der Waals surface area contributed by atoms with Crippen molar-refractivity contribution in [1.29, 1.82) is 0 Å². The lowest BCUT2D eigenvalue weighted by molar-refractivity contribution is 0.193. The lowest BCUT2D eigenvalue weighted by Crippen LogP contribution is -2.46. The second kappa shape index (κ2) is 7.89. The van der Waals surface area contributed by atoms with E-state index in [4.69, 9.17) is 0 Å². The molecule has 0 spiro atoms. The van der Waals surface area contributed by atoms with Gasteiger partial charge in [-0.1, -0.05) is 0 Å². The number of aromatic nitrogens is 5. The molecular weight excluding hydrogens is 364 g/mol. The van der Waals surface area contributed by atoms with Crippen molar-refractivity contribution in [2.24, 2.45) is 0 Å². The third-order valence-corrected chi connectivity index (χ3v) is 6.55. The highest BCUT2D eigenvalue weighted by Gasteiger charge is 2.36. The van der Waals surface area contributed by atoms with Gasteiger partial charge >= 0.3 is 0 Å². The first-order chi connectivity index (χ1) is 14.2. The Kier molecular flexibility index (Phi) is 5.11. The third-order valence-electron chi connectivity index (χ3n) is 6.55. The molecule has 0 bridgehead atoms. The SMILES string of the molecule is CN(C)c1cc(N(C2CC2)C2CCN(Cc3nnc4n3CCCC4)CC2)ncn1. The van der Waals surface area contributed by atoms with Gasteiger partial charge in [0.1, 0.15) is 29.6 Å². The van der Waals surface area contributed by atoms with Crippen molar-refractivity contribution < 1.29 is 0 Å². The van der Waals surface area contributed by atoms with Crippen molar-refractivity contribution in [2.45, 2.75) is 70.1 Å². The van der Waals surface area contributed by atoms with Gasteiger partial charge in [-0.2, -0.15) is 0 Å². The lowest BCUT2D eigenvalue weighted by Gasteiger charge is -2.39. The summed E-state index contributed by atoms with van der Waals surface area (Å²) in [5.41, 5.74) is 0. The maximum Gasteiger partial charge on any atom is 0.147 e. The molecule has 2 fully saturated rings. The molecule has 0 radical (unpaired) electrons. The van der Waals surface area contributed by atoms with E-state index in [-0.39, 0.29) is 0 Å². The Morgan fingerprint density at radius 2 is 1.69 bits per heavy atom. The van der Waals surface area contributed by atoms with E-state index >= 15 is 0 Å². The molecule has 0 N–H and O–H groups in total. The zero-order valence-corrected chi connectivity index (χ0v) is 17.7. The molecule has 8 nitrogen and oxygen atoms in total. The molecule has 3 aliphatic rings. The van der Waals surface area contributed by atoms with Crippen LogP contribution in [0.25, 0.3) is 0 Å². The second-order valence-corrected chi connectivity index (χ2v) is 8.92. The van der Waals surface area contributed by atoms with Gasteiger partial charge < -0.3 is 14.4 Å². The molecule has 8 heteroatoms. The maximum absolute atomic E-state index is 4.64. The predicted molar refractivity (Wildman–Crippen MR) is 113 cm³/mol. The Balaban J connectivity index is 1.24. The van der Waals surface area contributed by atoms with Crippen molar-refractivity contribution in [3.63, 3.8) is 0 Å². The van der Waals surface area contributed by atoms with Crippen LogP contribution in [0.1, 0.15) is 50.2 Å². The molecule has 4 heterocycles. The average Bonchev–Trinajstić information content (AvgIpc) is 3.50. The van der Waals surface area contributed by atoms with Gasteiger partial charge in [0, 0.05) is 58.3 Å². The fourth-order valence-electron chi connectivity index (χ4n) is 4.79. The van der Waals surface area contributed by atoms with Gasteiger partial charge in [-0.25, -0.2) is 9.97 Å². The molecule has 29 heavy (non-hydrogen) atoms. The minimum atomic E-state index is 0.566. The fraction of sp³-hybridized carbons (Fsp3) is 0.714. The number of rotatable bonds is 6. The van der Waals surface area contributed by atoms with Gasteiger partial charge in [-0.05, 0) is 38.5 Å². The summed E-state index contributed by atoms with van der Waals surface area (Å²) in [5, 5.41) is 8.92. The molecule has 2 aromatic rings. The van der Waals surface area contributed by atoms with Crippen LogP contribution in [-0.2, 0) is 19.5 Å². The van der Waals surface area contributed by atoms with E-state index in [0.717, 1.165) is 50.1 Å². The fourth-order valence-corrected chi connectivity index (χ4v) is 4.79. The van der Waals surface area contributed by atoms with Crippen LogP contribution in [0.4, 0.5) is 11.6 Å². The molecule has 156 valence electrons. The third kappa shape index (κ3) is 3.95. The van der Waals surface area contributed by atoms with Gasteiger partial charge in [0.05, 0.1) is 6.54 Å². The van der Waals surface area contributed by atoms with E-state index in [9.17, 15) is 0 Å². The quantitative estimate of drug-likeness (QED) is 0.741. The number of aryl methyl sites for hydroxylation is 1. The molecule has 0 unspecified atom stereocenters. The average molecular weight is 397 g/mol. The van der Waals surface area contributed by atoms with Crippen LogP contribution in [0.3, 0.4) is 0 Å². The van der Waals surface area contributed by atoms with Gasteiger partial charge in [-0.15, -0.1) is 10.2 Å². The highest BCUT2D eigenvalue weighted by molar-refractivity contribution is 5.51. The van der Waals surface area contributed by atoms with Gasteiger partial charge in [0.2, 0.25) is 0 Å². The normalized spacial score (nSPS) is 20.5. The van der Waals surface area contributed by atoms with Gasteiger partial charge in [0.15, 0.2) is 0 Å². The number of hydrogen-bond acceptors (Lipinski definition) is 7. The second-order valence-electron chi connectivity index (χ2n) is 8.92. The smallest absolute Gasteiger partial charge is 0.147 e. The number of hydrogen-bond donors (Lipinski definition) is 0. The first kappa shape index (κ1) is 18.8. The Labute approximate surface area is 172 Å². The molecule has 5 rings (SSSR count). The Morgan fingerprint density at radius 1 is 0.931 bits per heavy atom. The number of piperidine rings is 1. The molecular formula is C21H32N8. The van der Waals surface area contributed by atoms with Crippen molar-refractivity contribution in [3.05, 3.63) is 24.0 Å². The Morgan fingerprint density at radius 3 is 2.45 bits per heavy atom. The van der Waals surface area contributed by atoms with E-state index in [1.165, 1.54) is 44.3 Å². The lowest BCUT2D eigenvalue weighted by atomic mass is 10.0. The van der Waals surface area contributed by atoms with Crippen LogP contribution in [0.2, 0.25) is 0 Å². The first-order valence-electron chi connectivity index (χ1n) is 11.1. The first-order valence-corrected chi connectivity index (χ1v) is 11.1. The van der Waals surface area contributed by atoms with Crippen LogP contribution >= 0.6 is 0 Å². The molecule has 1 saturated heterocycles. The maximum atomic E-state index is 4.64. The van der Waals surface area contributed by atoms with E-state index in [0.29, 0.717) is 12.1 Å². The van der Waals surface area contributed by atoms with Crippen molar-refractivity contribution >= 4 is 11.6 Å². The van der Waals surface area contributed by atoms with Crippen LogP contribution in [0, 0.1) is 0 Å². The van der Waals surface area contributed by atoms with Crippen LogP contribution in [-0.4, -0.2) is 68.9 Å². The minimum absolute atomic E-state index is 0.566. The summed E-state index contributed by atoms with van der Waals surface area (Å²) >= 11 is 0. The summed E-state index contributed by atoms with van der Waals surface area (Å²) in [5.74, 6) is 4.41. The van der Waals surface area contributed by atoms with E-state index < -0.39 is 0 Å². The van der Waals surface area contributed by atoms with Crippen LogP contribution in [0.5, 0.6) is 0 Å². The predicted octanol–water partition coefficient (Wildman–Crippen LogP) is 2.10. The highest BCUT2D eigenvalue weighted by Crippen LogP contribution is 2.36. The molecule has 0 atom stereocenters. The molecule has 1 aliphatic carbocycles. The zero-order chi connectivity index (χ0) is 19.8. The number of nitrogens with zero attached hydrogens (tertiary/aromatic N) is 8. The van der Waals surface area contributed by atoms with E-state index in [2.05, 4.69) is 45.5 Å². The topological polar surface area (TPSA) is 66.2 Å². The summed E-state index contributed by atoms with van der Waals surface area (Å²) in [6, 6.07) is 3.36. The van der Waals surface area contributed by atoms with E-state index in [1.807, 2.05) is 14.1 Å². The van der Waals surface area contributed by atoms with Gasteiger partial charge in [-0.3, -0.25) is 4.90 Å². The minimum Gasteiger partial charge on any atom is -0.363 e. The number of anilines is 2. The van der Waals surface area contributed by atoms with Gasteiger partial charge in [0.25, 0.3) is 0 Å². The Bertz CT molecular complexity index is 835. The summed E-state index contributed by atoms with van der Waals surface area (Å²) < 4.78 is 2.36. The number of likely N-dealkylation sites (tertiary alicyclic amines) is 1. The van der Waals surface area contributed by atoms with Crippen LogP contribution in [0.15, 0.2) is 12.4 Å². The highest BCUT2D eigenvalue weighted by atomic mass is 15.3. The van der Waals surface area contributed by atoms with E-state index in [1.54, 1.807) is 6.33 Å². The summed E-state index contributed by atoms with van der Waals surface area (Å²) in [4.78, 5) is 16.2. The summed E-state index contributed by atoms with van der Waals surface area (Å²) in [6.45, 7) is 4.25. The monoisotopic (exact) mass is 396 g/mol. The molecule has 1 saturated carbocycles. The van der Waals surface area contributed by atoms with Crippen molar-refractivity contribution in [3.8, 4) is 0 Å². The summed E-state index contributed by atoms with van der Waals surface area (Å²) in [6.07, 6.45) is 10.2. The van der Waals surface area contributed by atoms with Crippen molar-refractivity contribution in [2.75, 3.05) is 37.0 Å². The molecule has 0 aromatic carbocycles. The van der Waals surface area contributed by atoms with Crippen LogP contribution < -0.4 is 9.80 Å². The molecule has 0 amide bonds. The standard InChI is InChI=1S/C21H32N8/c1-26(2)19-13-20(23-15-22-19)29(16-6-7-16)17-8-11-27(12-9-17)14-21-25-24-18-5-3-4-10-28(18)21/h13,15-17H,3-12,14H2,1-2H3. The largest absolute Gasteiger partial charge is 0.363 e. The molecule has 2 aliphatic heterocycles. The summed E-state index contributed by atoms with van der Waals surface area (Å²) in [7, 11) is 4.07. The molecule has 2 aromatic heterocycles. The van der Waals surface area contributed by atoms with Crippen molar-refractivity contribution in [1.82, 2.24) is 29.6 Å². The Hall–Kier alpha value is -2.22. The number of fused-ring (bicyclic) bond motifs is 1.